The van der Waals surface area contributed by atoms with E-state index >= 15 is 0 Å². The summed E-state index contributed by atoms with van der Waals surface area (Å²) in [4.78, 5) is 37.6. The zero-order valence-electron chi connectivity index (χ0n) is 48.5. The van der Waals surface area contributed by atoms with Crippen molar-refractivity contribution < 1.29 is 42.1 Å². The fourth-order valence-corrected chi connectivity index (χ4v) is 9.01. The number of esters is 2. The van der Waals surface area contributed by atoms with Crippen LogP contribution in [-0.4, -0.2) is 70.0 Å². The van der Waals surface area contributed by atoms with Crippen molar-refractivity contribution in [1.82, 2.24) is 0 Å². The van der Waals surface area contributed by atoms with Gasteiger partial charge in [0.2, 0.25) is 0 Å². The number of quaternary nitrogens is 1. The lowest BCUT2D eigenvalue weighted by atomic mass is 10.0. The van der Waals surface area contributed by atoms with E-state index in [9.17, 15) is 19.0 Å². The van der Waals surface area contributed by atoms with Crippen LogP contribution in [0.4, 0.5) is 0 Å². The summed E-state index contributed by atoms with van der Waals surface area (Å²) in [6.45, 7) is 4.11. The summed E-state index contributed by atoms with van der Waals surface area (Å²) in [5.41, 5.74) is 0. The number of phosphoric ester groups is 1. The van der Waals surface area contributed by atoms with Crippen molar-refractivity contribution in [2.24, 2.45) is 0 Å². The first-order valence-electron chi connectivity index (χ1n) is 30.3. The topological polar surface area (TPSA) is 111 Å². The number of rotatable bonds is 55. The van der Waals surface area contributed by atoms with Crippen molar-refractivity contribution in [3.05, 3.63) is 85.1 Å². The zero-order chi connectivity index (χ0) is 54.2. The molecule has 0 aromatic carbocycles. The highest BCUT2D eigenvalue weighted by Gasteiger charge is 2.22. The number of unbranched alkanes of at least 4 members (excludes halogenated alkanes) is 27. The molecular formula is C64H114NO8P. The number of hydrogen-bond donors (Lipinski definition) is 0. The van der Waals surface area contributed by atoms with Crippen LogP contribution in [0.1, 0.15) is 258 Å². The quantitative estimate of drug-likeness (QED) is 0.0195. The second-order valence-electron chi connectivity index (χ2n) is 21.3. The lowest BCUT2D eigenvalue weighted by Crippen LogP contribution is -2.37. The molecule has 0 heterocycles. The molecule has 74 heavy (non-hydrogen) atoms. The van der Waals surface area contributed by atoms with Crippen LogP contribution in [0.15, 0.2) is 85.1 Å². The standard InChI is InChI=1S/C64H114NO8P/c1-6-8-10-12-14-16-17-18-19-20-21-22-23-24-25-26-27-28-29-30-31-32-33-34-35-36-37-38-39-40-41-42-43-44-45-46-47-49-51-53-55-57-64(67)73-62(61-72-74(68,69)71-59-58-65(3,4)5)60-70-63(66)56-54-52-50-48-15-13-11-9-7-2/h8,10,14,16,18-19,21-22,24-25,27-28,30-31,62H,6-7,9,11-13,15,17,20,23,26,29,32-61H2,1-5H3/b10-8-,16-14-,19-18-,22-21-,25-24-,28-27-,31-30-. The number of ether oxygens (including phenoxy) is 2. The van der Waals surface area contributed by atoms with E-state index in [4.69, 9.17) is 18.5 Å². The van der Waals surface area contributed by atoms with Crippen molar-refractivity contribution in [3.63, 3.8) is 0 Å². The Balaban J connectivity index is 3.87. The Morgan fingerprint density at radius 3 is 1.15 bits per heavy atom. The van der Waals surface area contributed by atoms with Crippen LogP contribution in [-0.2, 0) is 32.7 Å². The lowest BCUT2D eigenvalue weighted by Gasteiger charge is -2.28. The van der Waals surface area contributed by atoms with Gasteiger partial charge in [-0.05, 0) is 70.6 Å². The molecule has 0 aliphatic rings. The van der Waals surface area contributed by atoms with Gasteiger partial charge >= 0.3 is 11.9 Å². The summed E-state index contributed by atoms with van der Waals surface area (Å²) in [7, 11) is 1.17. The molecule has 0 amide bonds. The zero-order valence-corrected chi connectivity index (χ0v) is 49.4. The van der Waals surface area contributed by atoms with E-state index in [-0.39, 0.29) is 32.0 Å². The Morgan fingerprint density at radius 1 is 0.432 bits per heavy atom. The third kappa shape index (κ3) is 58.5. The van der Waals surface area contributed by atoms with E-state index < -0.39 is 26.5 Å². The average Bonchev–Trinajstić information content (AvgIpc) is 3.36. The van der Waals surface area contributed by atoms with Crippen LogP contribution in [0.2, 0.25) is 0 Å². The second kappa shape index (κ2) is 55.0. The molecule has 0 rings (SSSR count). The number of phosphoric acid groups is 1. The molecule has 0 N–H and O–H groups in total. The van der Waals surface area contributed by atoms with E-state index in [1.165, 1.54) is 141 Å². The van der Waals surface area contributed by atoms with Crippen molar-refractivity contribution in [2.45, 2.75) is 264 Å². The van der Waals surface area contributed by atoms with Gasteiger partial charge in [0.1, 0.15) is 19.8 Å². The minimum Gasteiger partial charge on any atom is -0.756 e. The SMILES string of the molecule is CC/C=C\C/C=C\C/C=C\C/C=C\C/C=C\C/C=C\C/C=C\CCCCCCCCCCCCCCCCCCCCCC(=O)OC(COC(=O)CCCCCCCCCCC)COP(=O)([O-])OCC[N+](C)(C)C. The minimum atomic E-state index is -4.63. The molecule has 0 radical (unpaired) electrons. The molecule has 2 atom stereocenters. The molecule has 0 fully saturated rings. The number of allylic oxidation sites excluding steroid dienone is 14. The Labute approximate surface area is 456 Å². The molecular weight excluding hydrogens is 942 g/mol. The van der Waals surface area contributed by atoms with E-state index in [0.29, 0.717) is 17.4 Å². The van der Waals surface area contributed by atoms with Gasteiger partial charge < -0.3 is 27.9 Å². The summed E-state index contributed by atoms with van der Waals surface area (Å²) in [6, 6.07) is 0. The summed E-state index contributed by atoms with van der Waals surface area (Å²) >= 11 is 0. The molecule has 428 valence electrons. The molecule has 0 aromatic rings. The molecule has 0 saturated carbocycles. The van der Waals surface area contributed by atoms with Crippen LogP contribution >= 0.6 is 7.82 Å². The molecule has 0 aliphatic heterocycles. The number of carbonyl (C=O) groups excluding carboxylic acids is 2. The molecule has 0 spiro atoms. The smallest absolute Gasteiger partial charge is 0.306 e. The van der Waals surface area contributed by atoms with Crippen molar-refractivity contribution in [1.29, 1.82) is 0 Å². The highest BCUT2D eigenvalue weighted by molar-refractivity contribution is 7.45. The fourth-order valence-electron chi connectivity index (χ4n) is 8.28. The Morgan fingerprint density at radius 2 is 0.770 bits per heavy atom. The van der Waals surface area contributed by atoms with Crippen molar-refractivity contribution in [2.75, 3.05) is 47.5 Å². The monoisotopic (exact) mass is 1060 g/mol. The maximum atomic E-state index is 12.8. The maximum Gasteiger partial charge on any atom is 0.306 e. The van der Waals surface area contributed by atoms with Gasteiger partial charge in [-0.3, -0.25) is 14.2 Å². The van der Waals surface area contributed by atoms with Crippen molar-refractivity contribution >= 4 is 19.8 Å². The van der Waals surface area contributed by atoms with Crippen LogP contribution in [0.25, 0.3) is 0 Å². The summed E-state index contributed by atoms with van der Waals surface area (Å²) in [5, 5.41) is 0. The van der Waals surface area contributed by atoms with Gasteiger partial charge in [0.15, 0.2) is 6.10 Å². The third-order valence-corrected chi connectivity index (χ3v) is 13.9. The molecule has 2 unspecified atom stereocenters. The molecule has 0 bridgehead atoms. The number of hydrogen-bond acceptors (Lipinski definition) is 8. The Bertz CT molecular complexity index is 1520. The average molecular weight is 1060 g/mol. The number of nitrogens with zero attached hydrogens (tertiary/aromatic N) is 1. The van der Waals surface area contributed by atoms with Gasteiger partial charge in [-0.25, -0.2) is 0 Å². The molecule has 0 saturated heterocycles. The van der Waals surface area contributed by atoms with Crippen LogP contribution < -0.4 is 4.89 Å². The number of likely N-dealkylation sites (N-methyl/N-ethyl adjacent to an activating group) is 1. The second-order valence-corrected chi connectivity index (χ2v) is 22.8. The highest BCUT2D eigenvalue weighted by atomic mass is 31.2. The van der Waals surface area contributed by atoms with Gasteiger partial charge in [0.05, 0.1) is 27.7 Å². The van der Waals surface area contributed by atoms with Gasteiger partial charge in [0.25, 0.3) is 7.82 Å². The van der Waals surface area contributed by atoms with Crippen LogP contribution in [0, 0.1) is 0 Å². The minimum absolute atomic E-state index is 0.0304. The predicted octanol–water partition coefficient (Wildman–Crippen LogP) is 18.4. The largest absolute Gasteiger partial charge is 0.756 e. The molecule has 10 heteroatoms. The fraction of sp³-hybridized carbons (Fsp3) is 0.750. The van der Waals surface area contributed by atoms with E-state index in [2.05, 4.69) is 98.9 Å². The van der Waals surface area contributed by atoms with Crippen molar-refractivity contribution in [3.8, 4) is 0 Å². The molecule has 9 nitrogen and oxygen atoms in total. The first-order chi connectivity index (χ1) is 36.0. The predicted molar refractivity (Wildman–Crippen MR) is 314 cm³/mol. The van der Waals surface area contributed by atoms with Gasteiger partial charge in [-0.15, -0.1) is 0 Å². The van der Waals surface area contributed by atoms with Gasteiger partial charge in [-0.2, -0.15) is 0 Å². The lowest BCUT2D eigenvalue weighted by molar-refractivity contribution is -0.870. The molecule has 0 aliphatic carbocycles. The van der Waals surface area contributed by atoms with E-state index in [1.54, 1.807) is 0 Å². The Kier molecular flexibility index (Phi) is 52.9. The molecule has 0 aromatic heterocycles. The highest BCUT2D eigenvalue weighted by Crippen LogP contribution is 2.38. The van der Waals surface area contributed by atoms with E-state index in [1.807, 2.05) is 21.1 Å². The number of carbonyl (C=O) groups is 2. The van der Waals surface area contributed by atoms with Crippen LogP contribution in [0.5, 0.6) is 0 Å². The maximum absolute atomic E-state index is 12.8. The van der Waals surface area contributed by atoms with Gasteiger partial charge in [-0.1, -0.05) is 259 Å². The van der Waals surface area contributed by atoms with Gasteiger partial charge in [0, 0.05) is 12.8 Å². The third-order valence-electron chi connectivity index (χ3n) is 12.9. The normalized spacial score (nSPS) is 13.9. The van der Waals surface area contributed by atoms with E-state index in [0.717, 1.165) is 83.5 Å². The summed E-state index contributed by atoms with van der Waals surface area (Å²) in [6.07, 6.45) is 73.9. The van der Waals surface area contributed by atoms with Crippen LogP contribution in [0.3, 0.4) is 0 Å². The first kappa shape index (κ1) is 71.2. The summed E-state index contributed by atoms with van der Waals surface area (Å²) < 4.78 is 34.0. The first-order valence-corrected chi connectivity index (χ1v) is 31.8. The summed E-state index contributed by atoms with van der Waals surface area (Å²) in [5.74, 6) is -0.830. The Hall–Kier alpha value is -2.81.